The van der Waals surface area contributed by atoms with E-state index in [1.807, 2.05) is 0 Å². The molecule has 1 aliphatic rings. The highest BCUT2D eigenvalue weighted by atomic mass is 79.9. The van der Waals surface area contributed by atoms with E-state index in [1.54, 1.807) is 0 Å². The molecule has 0 aromatic carbocycles. The lowest BCUT2D eigenvalue weighted by Gasteiger charge is -2.07. The van der Waals surface area contributed by atoms with Crippen molar-refractivity contribution in [1.29, 1.82) is 0 Å². The first kappa shape index (κ1) is 6.94. The van der Waals surface area contributed by atoms with Gasteiger partial charge in [-0.05, 0) is 0 Å². The molecule has 0 amide bonds. The molecule has 0 aromatic heterocycles. The summed E-state index contributed by atoms with van der Waals surface area (Å²) in [4.78, 5) is 0.414. The average molecular weight is 199 g/mol. The minimum absolute atomic E-state index is 0.252. The maximum Gasteiger partial charge on any atom is 0.155 e. The number of rotatable bonds is 1. The van der Waals surface area contributed by atoms with E-state index in [9.17, 15) is 0 Å². The van der Waals surface area contributed by atoms with Gasteiger partial charge < -0.3 is 9.05 Å². The topological polar surface area (TPSA) is 18.5 Å². The first-order valence-electron chi connectivity index (χ1n) is 2.47. The molecule has 0 aliphatic carbocycles. The van der Waals surface area contributed by atoms with Gasteiger partial charge in [0.2, 0.25) is 0 Å². The van der Waals surface area contributed by atoms with Crippen molar-refractivity contribution in [2.45, 2.75) is 17.9 Å². The normalized spacial score (nSPS) is 36.0. The maximum atomic E-state index is 5.17. The van der Waals surface area contributed by atoms with E-state index >= 15 is 0 Å². The van der Waals surface area contributed by atoms with Crippen LogP contribution < -0.4 is 0 Å². The summed E-state index contributed by atoms with van der Waals surface area (Å²) in [6.45, 7) is 2.80. The summed E-state index contributed by atoms with van der Waals surface area (Å²) in [7, 11) is 0.252. The fraction of sp³-hybridized carbons (Fsp3) is 1.00. The van der Waals surface area contributed by atoms with Crippen molar-refractivity contribution in [2.75, 3.05) is 6.61 Å². The Morgan fingerprint density at radius 1 is 1.88 bits per heavy atom. The molecular weight excluding hydrogens is 191 g/mol. The second-order valence-electron chi connectivity index (χ2n) is 1.73. The summed E-state index contributed by atoms with van der Waals surface area (Å²) in [6, 6.07) is 0. The highest BCUT2D eigenvalue weighted by Gasteiger charge is 2.20. The van der Waals surface area contributed by atoms with Crippen molar-refractivity contribution in [3.05, 3.63) is 0 Å². The predicted molar refractivity (Wildman–Crippen MR) is 37.5 cm³/mol. The molecule has 1 rings (SSSR count). The van der Waals surface area contributed by atoms with Gasteiger partial charge in [0.15, 0.2) is 9.03 Å². The minimum Gasteiger partial charge on any atom is -0.333 e. The number of halogens is 1. The standard InChI is InChI=1S/C4H8BrO2P/c1-3(5)4-2-6-8-7-4/h3-4,8H,2H2,1H3. The molecule has 1 heterocycles. The second-order valence-corrected chi connectivity index (χ2v) is 3.86. The van der Waals surface area contributed by atoms with E-state index in [4.69, 9.17) is 9.05 Å². The maximum absolute atomic E-state index is 5.17. The Morgan fingerprint density at radius 2 is 2.62 bits per heavy atom. The lowest BCUT2D eigenvalue weighted by Crippen LogP contribution is -2.18. The van der Waals surface area contributed by atoms with Crippen LogP contribution in [-0.2, 0) is 9.05 Å². The highest BCUT2D eigenvalue weighted by molar-refractivity contribution is 9.09. The zero-order chi connectivity index (χ0) is 5.98. The largest absolute Gasteiger partial charge is 0.333 e. The summed E-state index contributed by atoms with van der Waals surface area (Å²) >= 11 is 3.40. The fourth-order valence-electron chi connectivity index (χ4n) is 0.472. The Kier molecular flexibility index (Phi) is 2.70. The number of alkyl halides is 1. The van der Waals surface area contributed by atoms with E-state index in [2.05, 4.69) is 22.9 Å². The zero-order valence-electron chi connectivity index (χ0n) is 4.56. The van der Waals surface area contributed by atoms with Crippen molar-refractivity contribution in [1.82, 2.24) is 0 Å². The molecule has 8 heavy (non-hydrogen) atoms. The van der Waals surface area contributed by atoms with Crippen LogP contribution in [-0.4, -0.2) is 17.5 Å². The van der Waals surface area contributed by atoms with Gasteiger partial charge in [-0.3, -0.25) is 0 Å². The first-order chi connectivity index (χ1) is 3.80. The third kappa shape index (κ3) is 1.66. The van der Waals surface area contributed by atoms with Crippen LogP contribution in [0.15, 0.2) is 0 Å². The van der Waals surface area contributed by atoms with Crippen molar-refractivity contribution in [3.63, 3.8) is 0 Å². The van der Waals surface area contributed by atoms with Gasteiger partial charge >= 0.3 is 0 Å². The van der Waals surface area contributed by atoms with Crippen molar-refractivity contribution < 1.29 is 9.05 Å². The van der Waals surface area contributed by atoms with E-state index in [0.717, 1.165) is 6.61 Å². The second kappa shape index (κ2) is 3.11. The van der Waals surface area contributed by atoms with Gasteiger partial charge in [-0.1, -0.05) is 22.9 Å². The van der Waals surface area contributed by atoms with Crippen LogP contribution in [0.4, 0.5) is 0 Å². The molecule has 3 atom stereocenters. The molecule has 0 N–H and O–H groups in total. The van der Waals surface area contributed by atoms with E-state index < -0.39 is 0 Å². The number of hydrogen-bond acceptors (Lipinski definition) is 2. The van der Waals surface area contributed by atoms with Crippen LogP contribution in [0.2, 0.25) is 0 Å². The fourth-order valence-corrected chi connectivity index (χ4v) is 1.63. The summed E-state index contributed by atoms with van der Waals surface area (Å²) < 4.78 is 10.2. The van der Waals surface area contributed by atoms with Crippen LogP contribution in [0.1, 0.15) is 6.92 Å². The zero-order valence-corrected chi connectivity index (χ0v) is 7.14. The van der Waals surface area contributed by atoms with Crippen LogP contribution in [0.5, 0.6) is 0 Å². The van der Waals surface area contributed by atoms with E-state index in [0.29, 0.717) is 4.83 Å². The summed E-state index contributed by atoms with van der Waals surface area (Å²) in [5.41, 5.74) is 0. The molecule has 0 radical (unpaired) electrons. The summed E-state index contributed by atoms with van der Waals surface area (Å²) in [5.74, 6) is 0. The van der Waals surface area contributed by atoms with Gasteiger partial charge in [-0.15, -0.1) is 0 Å². The average Bonchev–Trinajstić information content (AvgIpc) is 2.12. The molecular formula is C4H8BrO2P. The number of hydrogen-bond donors (Lipinski definition) is 0. The van der Waals surface area contributed by atoms with E-state index in [1.165, 1.54) is 0 Å². The predicted octanol–water partition coefficient (Wildman–Crippen LogP) is 1.69. The lowest BCUT2D eigenvalue weighted by molar-refractivity contribution is 0.244. The third-order valence-corrected chi connectivity index (χ3v) is 2.29. The highest BCUT2D eigenvalue weighted by Crippen LogP contribution is 2.29. The first-order valence-corrected chi connectivity index (χ1v) is 4.20. The Morgan fingerprint density at radius 3 is 2.88 bits per heavy atom. The Balaban J connectivity index is 2.24. The molecule has 4 heteroatoms. The van der Waals surface area contributed by atoms with Gasteiger partial charge in [0.1, 0.15) is 6.10 Å². The van der Waals surface area contributed by atoms with Crippen molar-refractivity contribution in [3.8, 4) is 0 Å². The quantitative estimate of drug-likeness (QED) is 0.472. The Labute approximate surface area is 59.0 Å². The monoisotopic (exact) mass is 198 g/mol. The van der Waals surface area contributed by atoms with Crippen molar-refractivity contribution in [2.24, 2.45) is 0 Å². The van der Waals surface area contributed by atoms with Gasteiger partial charge in [0.25, 0.3) is 0 Å². The van der Waals surface area contributed by atoms with Gasteiger partial charge in [0, 0.05) is 4.83 Å². The molecule has 1 aliphatic heterocycles. The van der Waals surface area contributed by atoms with Gasteiger partial charge in [0.05, 0.1) is 6.61 Å². The third-order valence-electron chi connectivity index (χ3n) is 1.02. The molecule has 1 fully saturated rings. The van der Waals surface area contributed by atoms with Crippen LogP contribution >= 0.6 is 25.0 Å². The lowest BCUT2D eigenvalue weighted by atomic mass is 10.3. The SMILES string of the molecule is CC(Br)C1COPO1. The Hall–Kier alpha value is 0.830. The summed E-state index contributed by atoms with van der Waals surface area (Å²) in [6.07, 6.45) is 0.272. The Bertz CT molecular complexity index is 72.4. The minimum atomic E-state index is 0.252. The molecule has 2 nitrogen and oxygen atoms in total. The van der Waals surface area contributed by atoms with E-state index in [-0.39, 0.29) is 15.1 Å². The molecule has 3 unspecified atom stereocenters. The van der Waals surface area contributed by atoms with Crippen molar-refractivity contribution >= 4 is 25.0 Å². The van der Waals surface area contributed by atoms with Crippen LogP contribution in [0.25, 0.3) is 0 Å². The summed E-state index contributed by atoms with van der Waals surface area (Å²) in [5, 5.41) is 0. The van der Waals surface area contributed by atoms with Crippen LogP contribution in [0.3, 0.4) is 0 Å². The van der Waals surface area contributed by atoms with Gasteiger partial charge in [-0.25, -0.2) is 0 Å². The van der Waals surface area contributed by atoms with Crippen LogP contribution in [0, 0.1) is 0 Å². The molecule has 1 saturated heterocycles. The molecule has 0 aromatic rings. The molecule has 48 valence electrons. The molecule has 0 saturated carbocycles. The molecule has 0 bridgehead atoms. The van der Waals surface area contributed by atoms with Gasteiger partial charge in [-0.2, -0.15) is 0 Å². The molecule has 0 spiro atoms. The smallest absolute Gasteiger partial charge is 0.155 e.